The number of aliphatic hydroxyl groups is 2. The van der Waals surface area contributed by atoms with E-state index in [2.05, 4.69) is 56.4 Å². The minimum Gasteiger partial charge on any atom is -0.394 e. The molecule has 0 rings (SSSR count). The van der Waals surface area contributed by atoms with E-state index in [-0.39, 0.29) is 6.61 Å². The fourth-order valence-electron chi connectivity index (χ4n) is 2.73. The van der Waals surface area contributed by atoms with Gasteiger partial charge in [-0.15, -0.1) is 0 Å². The van der Waals surface area contributed by atoms with Crippen LogP contribution >= 0.6 is 0 Å². The van der Waals surface area contributed by atoms with Gasteiger partial charge in [0, 0.05) is 31.1 Å². The van der Waals surface area contributed by atoms with Crippen LogP contribution in [0.1, 0.15) is 54.4 Å². The topological polar surface area (TPSA) is 68.4 Å². The summed E-state index contributed by atoms with van der Waals surface area (Å²) in [5, 5.41) is 18.8. The van der Waals surface area contributed by atoms with Crippen molar-refractivity contribution in [1.82, 2.24) is 4.90 Å². The highest BCUT2D eigenvalue weighted by atomic mass is 16.3. The molecular formula is C19H39N3O2. The van der Waals surface area contributed by atoms with Crippen molar-refractivity contribution in [1.29, 1.82) is 0 Å². The summed E-state index contributed by atoms with van der Waals surface area (Å²) in [5.41, 5.74) is 2.36. The first-order valence-electron chi connectivity index (χ1n) is 9.25. The Balaban J connectivity index is 4.42. The van der Waals surface area contributed by atoms with E-state index in [9.17, 15) is 5.11 Å². The summed E-state index contributed by atoms with van der Waals surface area (Å²) in [6.45, 7) is 16.2. The zero-order valence-electron chi connectivity index (χ0n) is 16.6. The number of hydrogen-bond acceptors (Lipinski definition) is 5. The van der Waals surface area contributed by atoms with Gasteiger partial charge in [-0.3, -0.25) is 14.9 Å². The number of nitrogens with zero attached hydrogens (tertiary/aromatic N) is 3. The summed E-state index contributed by atoms with van der Waals surface area (Å²) in [5.74, 6) is 1.25. The molecule has 0 aliphatic rings. The molecule has 0 aromatic heterocycles. The average Bonchev–Trinajstić information content (AvgIpc) is 2.45. The monoisotopic (exact) mass is 341 g/mol. The first-order valence-corrected chi connectivity index (χ1v) is 9.25. The highest BCUT2D eigenvalue weighted by molar-refractivity contribution is 5.82. The molecule has 0 saturated carbocycles. The maximum atomic E-state index is 9.72. The molecule has 0 heterocycles. The minimum absolute atomic E-state index is 0.207. The zero-order chi connectivity index (χ0) is 18.5. The Morgan fingerprint density at radius 1 is 0.875 bits per heavy atom. The van der Waals surface area contributed by atoms with Gasteiger partial charge in [-0.2, -0.15) is 0 Å². The van der Waals surface area contributed by atoms with Gasteiger partial charge in [0.05, 0.1) is 25.8 Å². The van der Waals surface area contributed by atoms with Gasteiger partial charge >= 0.3 is 0 Å². The second-order valence-electron chi connectivity index (χ2n) is 7.57. The van der Waals surface area contributed by atoms with Crippen LogP contribution < -0.4 is 0 Å². The van der Waals surface area contributed by atoms with Crippen LogP contribution in [0.5, 0.6) is 0 Å². The summed E-state index contributed by atoms with van der Waals surface area (Å²) in [4.78, 5) is 11.4. The molecule has 0 spiro atoms. The third-order valence-corrected chi connectivity index (χ3v) is 3.68. The molecular weight excluding hydrogens is 302 g/mol. The maximum absolute atomic E-state index is 9.72. The Kier molecular flexibility index (Phi) is 13.1. The SMILES string of the molecule is CC(CC(C)C)=NCCN(CCN=C(C)CC(C)C)CC(O)CO. The third-order valence-electron chi connectivity index (χ3n) is 3.68. The number of hydrogen-bond donors (Lipinski definition) is 2. The normalized spacial score (nSPS) is 15.0. The van der Waals surface area contributed by atoms with Crippen LogP contribution in [0.15, 0.2) is 9.98 Å². The summed E-state index contributed by atoms with van der Waals surface area (Å²) in [6, 6.07) is 0. The molecule has 24 heavy (non-hydrogen) atoms. The van der Waals surface area contributed by atoms with Crippen molar-refractivity contribution < 1.29 is 10.2 Å². The molecule has 0 aliphatic carbocycles. The van der Waals surface area contributed by atoms with Crippen LogP contribution in [0, 0.1) is 11.8 Å². The van der Waals surface area contributed by atoms with E-state index >= 15 is 0 Å². The fraction of sp³-hybridized carbons (Fsp3) is 0.895. The van der Waals surface area contributed by atoms with Crippen LogP contribution in [0.25, 0.3) is 0 Å². The molecule has 0 fully saturated rings. The van der Waals surface area contributed by atoms with Gasteiger partial charge in [0.1, 0.15) is 0 Å². The van der Waals surface area contributed by atoms with Gasteiger partial charge in [0.2, 0.25) is 0 Å². The summed E-state index contributed by atoms with van der Waals surface area (Å²) >= 11 is 0. The van der Waals surface area contributed by atoms with E-state index < -0.39 is 6.10 Å². The molecule has 0 aromatic rings. The van der Waals surface area contributed by atoms with Crippen molar-refractivity contribution in [3.8, 4) is 0 Å². The standard InChI is InChI=1S/C19H39N3O2/c1-15(2)11-17(5)20-7-9-22(13-19(24)14-23)10-8-21-18(6)12-16(3)4/h15-16,19,23-24H,7-14H2,1-6H3. The lowest BCUT2D eigenvalue weighted by Crippen LogP contribution is -2.37. The molecule has 2 N–H and O–H groups in total. The van der Waals surface area contributed by atoms with Gasteiger partial charge in [0.15, 0.2) is 0 Å². The van der Waals surface area contributed by atoms with Gasteiger partial charge in [0.25, 0.3) is 0 Å². The largest absolute Gasteiger partial charge is 0.394 e. The number of rotatable bonds is 13. The molecule has 0 bridgehead atoms. The Morgan fingerprint density at radius 3 is 1.62 bits per heavy atom. The molecule has 1 atom stereocenters. The van der Waals surface area contributed by atoms with Crippen LogP contribution in [0.3, 0.4) is 0 Å². The van der Waals surface area contributed by atoms with E-state index in [0.29, 0.717) is 18.4 Å². The van der Waals surface area contributed by atoms with Gasteiger partial charge < -0.3 is 10.2 Å². The fourth-order valence-corrected chi connectivity index (χ4v) is 2.73. The number of aliphatic hydroxyl groups excluding tert-OH is 2. The Morgan fingerprint density at radius 2 is 1.29 bits per heavy atom. The van der Waals surface area contributed by atoms with Gasteiger partial charge in [-0.05, 0) is 38.5 Å². The van der Waals surface area contributed by atoms with E-state index in [1.807, 2.05) is 0 Å². The van der Waals surface area contributed by atoms with Crippen LogP contribution in [0.2, 0.25) is 0 Å². The van der Waals surface area contributed by atoms with Crippen molar-refractivity contribution in [2.24, 2.45) is 21.8 Å². The molecule has 1 unspecified atom stereocenters. The zero-order valence-corrected chi connectivity index (χ0v) is 16.6. The summed E-state index contributed by atoms with van der Waals surface area (Å²) in [6.07, 6.45) is 1.35. The molecule has 0 aliphatic heterocycles. The van der Waals surface area contributed by atoms with Crippen LogP contribution in [0.4, 0.5) is 0 Å². The molecule has 0 amide bonds. The van der Waals surface area contributed by atoms with Crippen LogP contribution in [-0.2, 0) is 0 Å². The average molecular weight is 342 g/mol. The second kappa shape index (κ2) is 13.5. The maximum Gasteiger partial charge on any atom is 0.0897 e. The van der Waals surface area contributed by atoms with E-state index in [0.717, 1.165) is 39.0 Å². The molecule has 0 aromatic carbocycles. The van der Waals surface area contributed by atoms with Crippen molar-refractivity contribution >= 4 is 11.4 Å². The molecule has 0 saturated heterocycles. The van der Waals surface area contributed by atoms with Crippen molar-refractivity contribution in [2.45, 2.75) is 60.5 Å². The summed E-state index contributed by atoms with van der Waals surface area (Å²) < 4.78 is 0. The Hall–Kier alpha value is -0.780. The predicted molar refractivity (Wildman–Crippen MR) is 104 cm³/mol. The minimum atomic E-state index is -0.702. The van der Waals surface area contributed by atoms with Crippen LogP contribution in [-0.4, -0.2) is 72.0 Å². The molecule has 5 nitrogen and oxygen atoms in total. The quantitative estimate of drug-likeness (QED) is 0.506. The predicted octanol–water partition coefficient (Wildman–Crippen LogP) is 2.66. The first kappa shape index (κ1) is 23.2. The first-order chi connectivity index (χ1) is 11.2. The number of aliphatic imine (C=N–C) groups is 2. The molecule has 0 radical (unpaired) electrons. The van der Waals surface area contributed by atoms with E-state index in [1.165, 1.54) is 11.4 Å². The van der Waals surface area contributed by atoms with Crippen molar-refractivity contribution in [3.05, 3.63) is 0 Å². The lowest BCUT2D eigenvalue weighted by Gasteiger charge is -2.23. The highest BCUT2D eigenvalue weighted by Crippen LogP contribution is 2.03. The lowest BCUT2D eigenvalue weighted by atomic mass is 10.1. The Labute approximate surface area is 148 Å². The molecule has 5 heteroatoms. The molecule has 142 valence electrons. The van der Waals surface area contributed by atoms with Gasteiger partial charge in [-0.25, -0.2) is 0 Å². The second-order valence-corrected chi connectivity index (χ2v) is 7.57. The third kappa shape index (κ3) is 13.6. The van der Waals surface area contributed by atoms with E-state index in [1.54, 1.807) is 0 Å². The summed E-state index contributed by atoms with van der Waals surface area (Å²) in [7, 11) is 0. The van der Waals surface area contributed by atoms with E-state index in [4.69, 9.17) is 5.11 Å². The van der Waals surface area contributed by atoms with Crippen molar-refractivity contribution in [2.75, 3.05) is 39.3 Å². The van der Waals surface area contributed by atoms with Crippen molar-refractivity contribution in [3.63, 3.8) is 0 Å². The smallest absolute Gasteiger partial charge is 0.0897 e. The highest BCUT2D eigenvalue weighted by Gasteiger charge is 2.10. The lowest BCUT2D eigenvalue weighted by molar-refractivity contribution is 0.0610. The van der Waals surface area contributed by atoms with Gasteiger partial charge in [-0.1, -0.05) is 27.7 Å². The Bertz CT molecular complexity index is 349.